The molecule has 1 aliphatic carbocycles. The van der Waals surface area contributed by atoms with Gasteiger partial charge in [0.1, 0.15) is 11.6 Å². The first-order chi connectivity index (χ1) is 7.03. The number of nitrogens with zero attached hydrogens (tertiary/aromatic N) is 2. The van der Waals surface area contributed by atoms with Gasteiger partial charge in [-0.05, 0) is 25.7 Å². The van der Waals surface area contributed by atoms with Gasteiger partial charge in [0.2, 0.25) is 0 Å². The summed E-state index contributed by atoms with van der Waals surface area (Å²) >= 11 is 0. The lowest BCUT2D eigenvalue weighted by Crippen LogP contribution is -2.05. The highest BCUT2D eigenvalue weighted by molar-refractivity contribution is 5.37. The van der Waals surface area contributed by atoms with Gasteiger partial charge in [-0.25, -0.2) is 9.97 Å². The third-order valence-corrected chi connectivity index (χ3v) is 3.05. The Morgan fingerprint density at radius 2 is 2.13 bits per heavy atom. The van der Waals surface area contributed by atoms with Crippen LogP contribution in [0.4, 0.5) is 5.82 Å². The molecule has 0 amide bonds. The number of nitrogens with one attached hydrogen (secondary N) is 1. The van der Waals surface area contributed by atoms with E-state index in [9.17, 15) is 0 Å². The van der Waals surface area contributed by atoms with E-state index in [1.54, 1.807) is 0 Å². The first kappa shape index (κ1) is 10.4. The number of hydrogen-bond donors (Lipinski definition) is 1. The molecule has 1 aliphatic rings. The van der Waals surface area contributed by atoms with E-state index in [0.29, 0.717) is 11.3 Å². The summed E-state index contributed by atoms with van der Waals surface area (Å²) in [7, 11) is 0. The Kier molecular flexibility index (Phi) is 2.41. The molecule has 1 heterocycles. The molecule has 15 heavy (non-hydrogen) atoms. The van der Waals surface area contributed by atoms with Crippen molar-refractivity contribution in [1.82, 2.24) is 9.97 Å². The van der Waals surface area contributed by atoms with Gasteiger partial charge < -0.3 is 5.32 Å². The van der Waals surface area contributed by atoms with Gasteiger partial charge in [-0.2, -0.15) is 0 Å². The van der Waals surface area contributed by atoms with Crippen LogP contribution in [0.2, 0.25) is 0 Å². The van der Waals surface area contributed by atoms with Crippen LogP contribution < -0.4 is 5.32 Å². The van der Waals surface area contributed by atoms with E-state index < -0.39 is 0 Å². The van der Waals surface area contributed by atoms with Gasteiger partial charge in [0.05, 0.1) is 0 Å². The van der Waals surface area contributed by atoms with Gasteiger partial charge in [-0.15, -0.1) is 0 Å². The lowest BCUT2D eigenvalue weighted by molar-refractivity contribution is 0.607. The van der Waals surface area contributed by atoms with E-state index in [1.165, 1.54) is 6.42 Å². The first-order valence-corrected chi connectivity index (χ1v) is 5.62. The van der Waals surface area contributed by atoms with Crippen LogP contribution >= 0.6 is 0 Å². The van der Waals surface area contributed by atoms with Crippen molar-refractivity contribution in [2.24, 2.45) is 5.41 Å². The topological polar surface area (TPSA) is 37.8 Å². The van der Waals surface area contributed by atoms with Crippen LogP contribution in [0.25, 0.3) is 0 Å². The number of aromatic nitrogens is 2. The van der Waals surface area contributed by atoms with Gasteiger partial charge in [-0.3, -0.25) is 0 Å². The van der Waals surface area contributed by atoms with Crippen molar-refractivity contribution in [1.29, 1.82) is 0 Å². The van der Waals surface area contributed by atoms with E-state index in [0.717, 1.165) is 23.9 Å². The number of aryl methyl sites for hydroxylation is 1. The van der Waals surface area contributed by atoms with Gasteiger partial charge >= 0.3 is 0 Å². The van der Waals surface area contributed by atoms with Crippen LogP contribution in [0.15, 0.2) is 6.07 Å². The molecule has 2 rings (SSSR count). The van der Waals surface area contributed by atoms with E-state index in [4.69, 9.17) is 0 Å². The van der Waals surface area contributed by atoms with Crippen molar-refractivity contribution in [3.63, 3.8) is 0 Å². The SMILES string of the molecule is CCNc1cc(C)nc(C2CC2(C)C)n1. The van der Waals surface area contributed by atoms with E-state index in [1.807, 2.05) is 13.0 Å². The molecule has 1 atom stereocenters. The van der Waals surface area contributed by atoms with Crippen LogP contribution in [-0.2, 0) is 0 Å². The molecule has 1 unspecified atom stereocenters. The lowest BCUT2D eigenvalue weighted by Gasteiger charge is -2.07. The minimum Gasteiger partial charge on any atom is -0.370 e. The summed E-state index contributed by atoms with van der Waals surface area (Å²) < 4.78 is 0. The molecular formula is C12H19N3. The molecule has 1 aromatic heterocycles. The standard InChI is InChI=1S/C12H19N3/c1-5-13-10-6-8(2)14-11(15-10)9-7-12(9,3)4/h6,9H,5,7H2,1-4H3,(H,13,14,15). The number of anilines is 1. The molecule has 0 spiro atoms. The smallest absolute Gasteiger partial charge is 0.134 e. The monoisotopic (exact) mass is 205 g/mol. The van der Waals surface area contributed by atoms with Crippen molar-refractivity contribution < 1.29 is 0 Å². The predicted molar refractivity (Wildman–Crippen MR) is 62.1 cm³/mol. The van der Waals surface area contributed by atoms with Crippen LogP contribution in [0.5, 0.6) is 0 Å². The van der Waals surface area contributed by atoms with Crippen LogP contribution in [0, 0.1) is 12.3 Å². The molecule has 3 heteroatoms. The maximum atomic E-state index is 4.56. The molecule has 3 nitrogen and oxygen atoms in total. The average Bonchev–Trinajstić information content (AvgIpc) is 2.75. The Hall–Kier alpha value is -1.12. The van der Waals surface area contributed by atoms with Gasteiger partial charge in [0.25, 0.3) is 0 Å². The Labute approximate surface area is 91.3 Å². The summed E-state index contributed by atoms with van der Waals surface area (Å²) in [6.45, 7) is 9.57. The molecular weight excluding hydrogens is 186 g/mol. The van der Waals surface area contributed by atoms with Crippen molar-refractivity contribution in [2.75, 3.05) is 11.9 Å². The fourth-order valence-electron chi connectivity index (χ4n) is 1.93. The molecule has 0 radical (unpaired) electrons. The van der Waals surface area contributed by atoms with Crippen LogP contribution in [-0.4, -0.2) is 16.5 Å². The third kappa shape index (κ3) is 2.11. The maximum absolute atomic E-state index is 4.56. The number of rotatable bonds is 3. The summed E-state index contributed by atoms with van der Waals surface area (Å²) in [6, 6.07) is 2.00. The second-order valence-corrected chi connectivity index (χ2v) is 5.03. The molecule has 0 aliphatic heterocycles. The zero-order chi connectivity index (χ0) is 11.1. The van der Waals surface area contributed by atoms with Gasteiger partial charge in [0.15, 0.2) is 0 Å². The Balaban J connectivity index is 2.25. The summed E-state index contributed by atoms with van der Waals surface area (Å²) in [5.74, 6) is 2.52. The Bertz CT molecular complexity index is 371. The van der Waals surface area contributed by atoms with E-state index in [-0.39, 0.29) is 0 Å². The summed E-state index contributed by atoms with van der Waals surface area (Å²) in [4.78, 5) is 9.08. The molecule has 0 bridgehead atoms. The van der Waals surface area contributed by atoms with Crippen molar-refractivity contribution in [2.45, 2.75) is 40.0 Å². The highest BCUT2D eigenvalue weighted by Crippen LogP contribution is 2.57. The lowest BCUT2D eigenvalue weighted by atomic mass is 10.1. The number of hydrogen-bond acceptors (Lipinski definition) is 3. The largest absolute Gasteiger partial charge is 0.370 e. The Morgan fingerprint density at radius 3 is 2.67 bits per heavy atom. The van der Waals surface area contributed by atoms with Crippen LogP contribution in [0.1, 0.15) is 44.6 Å². The zero-order valence-corrected chi connectivity index (χ0v) is 9.96. The van der Waals surface area contributed by atoms with Crippen LogP contribution in [0.3, 0.4) is 0 Å². The van der Waals surface area contributed by atoms with Crippen molar-refractivity contribution in [3.8, 4) is 0 Å². The summed E-state index contributed by atoms with van der Waals surface area (Å²) in [6.07, 6.45) is 1.21. The minimum atomic E-state index is 0.400. The molecule has 1 saturated carbocycles. The highest BCUT2D eigenvalue weighted by Gasteiger charge is 2.48. The predicted octanol–water partition coefficient (Wildman–Crippen LogP) is 2.73. The normalized spacial score (nSPS) is 22.5. The maximum Gasteiger partial charge on any atom is 0.134 e. The summed E-state index contributed by atoms with van der Waals surface area (Å²) in [5.41, 5.74) is 1.45. The molecule has 0 saturated heterocycles. The summed E-state index contributed by atoms with van der Waals surface area (Å²) in [5, 5.41) is 3.25. The van der Waals surface area contributed by atoms with E-state index >= 15 is 0 Å². The second kappa shape index (κ2) is 3.47. The molecule has 1 aromatic rings. The minimum absolute atomic E-state index is 0.400. The van der Waals surface area contributed by atoms with E-state index in [2.05, 4.69) is 36.1 Å². The fourth-order valence-corrected chi connectivity index (χ4v) is 1.93. The molecule has 0 aromatic carbocycles. The third-order valence-electron chi connectivity index (χ3n) is 3.05. The Morgan fingerprint density at radius 1 is 1.47 bits per heavy atom. The van der Waals surface area contributed by atoms with Gasteiger partial charge in [0, 0.05) is 24.2 Å². The second-order valence-electron chi connectivity index (χ2n) is 5.03. The molecule has 1 fully saturated rings. The van der Waals surface area contributed by atoms with Crippen molar-refractivity contribution in [3.05, 3.63) is 17.6 Å². The zero-order valence-electron chi connectivity index (χ0n) is 9.96. The molecule has 82 valence electrons. The average molecular weight is 205 g/mol. The first-order valence-electron chi connectivity index (χ1n) is 5.62. The quantitative estimate of drug-likeness (QED) is 0.824. The molecule has 1 N–H and O–H groups in total. The fraction of sp³-hybridized carbons (Fsp3) is 0.667. The van der Waals surface area contributed by atoms with Crippen molar-refractivity contribution >= 4 is 5.82 Å². The highest BCUT2D eigenvalue weighted by atomic mass is 15.0. The van der Waals surface area contributed by atoms with Gasteiger partial charge in [-0.1, -0.05) is 13.8 Å².